The van der Waals surface area contributed by atoms with Gasteiger partial charge < -0.3 is 20.2 Å². The van der Waals surface area contributed by atoms with Gasteiger partial charge in [0, 0.05) is 32.2 Å². The molecule has 1 saturated carbocycles. The first-order valence-electron chi connectivity index (χ1n) is 8.01. The topological polar surface area (TPSA) is 72.9 Å². The molecule has 1 aliphatic heterocycles. The fraction of sp³-hybridized carbons (Fsp3) is 0.867. The summed E-state index contributed by atoms with van der Waals surface area (Å²) in [4.78, 5) is 27.6. The molecule has 2 amide bonds. The second-order valence-electron chi connectivity index (χ2n) is 6.21. The van der Waals surface area contributed by atoms with Crippen molar-refractivity contribution in [2.75, 3.05) is 26.7 Å². The quantitative estimate of drug-likeness (QED) is 0.822. The minimum Gasteiger partial charge on any atom is -0.481 e. The smallest absolute Gasteiger partial charge is 0.317 e. The van der Waals surface area contributed by atoms with Gasteiger partial charge in [-0.1, -0.05) is 13.3 Å². The van der Waals surface area contributed by atoms with Crippen LogP contribution < -0.4 is 5.32 Å². The Hall–Kier alpha value is -1.30. The number of urea groups is 1. The number of hydrogen-bond donors (Lipinski definition) is 2. The Balaban J connectivity index is 1.84. The number of carbonyl (C=O) groups excluding carboxylic acids is 1. The van der Waals surface area contributed by atoms with Crippen LogP contribution >= 0.6 is 0 Å². The first kappa shape index (κ1) is 16.1. The van der Waals surface area contributed by atoms with E-state index in [0.29, 0.717) is 6.42 Å². The first-order valence-corrected chi connectivity index (χ1v) is 8.01. The van der Waals surface area contributed by atoms with Crippen LogP contribution in [0.1, 0.15) is 39.0 Å². The maximum atomic E-state index is 12.3. The molecule has 2 N–H and O–H groups in total. The highest BCUT2D eigenvalue weighted by Gasteiger charge is 2.35. The maximum absolute atomic E-state index is 12.3. The van der Waals surface area contributed by atoms with Gasteiger partial charge in [-0.05, 0) is 32.2 Å². The van der Waals surface area contributed by atoms with E-state index in [1.54, 1.807) is 4.90 Å². The average molecular weight is 297 g/mol. The molecule has 21 heavy (non-hydrogen) atoms. The Morgan fingerprint density at radius 1 is 1.24 bits per heavy atom. The van der Waals surface area contributed by atoms with Crippen LogP contribution in [-0.2, 0) is 4.79 Å². The van der Waals surface area contributed by atoms with Crippen molar-refractivity contribution in [3.8, 4) is 0 Å². The highest BCUT2D eigenvalue weighted by molar-refractivity contribution is 5.77. The Kier molecular flexibility index (Phi) is 5.45. The SMILES string of the molecule is CCN1CCC(N(C)C(=O)NC2CCCC2C(=O)O)CC1. The predicted molar refractivity (Wildman–Crippen MR) is 80.2 cm³/mol. The zero-order chi connectivity index (χ0) is 15.4. The first-order chi connectivity index (χ1) is 10.0. The molecule has 0 radical (unpaired) electrons. The third kappa shape index (κ3) is 3.87. The van der Waals surface area contributed by atoms with Gasteiger partial charge in [-0.25, -0.2) is 4.79 Å². The summed E-state index contributed by atoms with van der Waals surface area (Å²) < 4.78 is 0. The second kappa shape index (κ2) is 7.11. The highest BCUT2D eigenvalue weighted by atomic mass is 16.4. The molecule has 120 valence electrons. The highest BCUT2D eigenvalue weighted by Crippen LogP contribution is 2.26. The van der Waals surface area contributed by atoms with Gasteiger partial charge in [0.15, 0.2) is 0 Å². The maximum Gasteiger partial charge on any atom is 0.317 e. The van der Waals surface area contributed by atoms with Gasteiger partial charge in [-0.3, -0.25) is 4.79 Å². The Bertz CT molecular complexity index is 380. The van der Waals surface area contributed by atoms with Gasteiger partial charge in [0.25, 0.3) is 0 Å². The van der Waals surface area contributed by atoms with Crippen molar-refractivity contribution in [2.45, 2.75) is 51.1 Å². The summed E-state index contributed by atoms with van der Waals surface area (Å²) >= 11 is 0. The van der Waals surface area contributed by atoms with Crippen molar-refractivity contribution in [3.05, 3.63) is 0 Å². The van der Waals surface area contributed by atoms with E-state index in [9.17, 15) is 9.59 Å². The number of carboxylic acids is 1. The number of piperidine rings is 1. The van der Waals surface area contributed by atoms with Crippen LogP contribution in [0.5, 0.6) is 0 Å². The molecule has 6 heteroatoms. The molecule has 0 aromatic carbocycles. The van der Waals surface area contributed by atoms with Crippen molar-refractivity contribution in [1.82, 2.24) is 15.1 Å². The van der Waals surface area contributed by atoms with E-state index in [4.69, 9.17) is 5.11 Å². The van der Waals surface area contributed by atoms with E-state index in [0.717, 1.165) is 45.3 Å². The standard InChI is InChI=1S/C15H27N3O3/c1-3-18-9-7-11(8-10-18)17(2)15(21)16-13-6-4-5-12(13)14(19)20/h11-13H,3-10H2,1-2H3,(H,16,21)(H,19,20). The number of aliphatic carboxylic acids is 1. The van der Waals surface area contributed by atoms with Crippen molar-refractivity contribution in [2.24, 2.45) is 5.92 Å². The Labute approximate surface area is 126 Å². The molecule has 0 aromatic rings. The lowest BCUT2D eigenvalue weighted by atomic mass is 10.0. The van der Waals surface area contributed by atoms with E-state index in [-0.39, 0.29) is 18.1 Å². The van der Waals surface area contributed by atoms with Gasteiger partial charge in [0.05, 0.1) is 5.92 Å². The van der Waals surface area contributed by atoms with Crippen LogP contribution in [-0.4, -0.2) is 65.7 Å². The predicted octanol–water partition coefficient (Wildman–Crippen LogP) is 1.37. The molecule has 1 heterocycles. The minimum absolute atomic E-state index is 0.122. The van der Waals surface area contributed by atoms with E-state index in [2.05, 4.69) is 17.1 Å². The van der Waals surface area contributed by atoms with Gasteiger partial charge in [-0.15, -0.1) is 0 Å². The summed E-state index contributed by atoms with van der Waals surface area (Å²) in [6.07, 6.45) is 4.29. The summed E-state index contributed by atoms with van der Waals surface area (Å²) in [6.45, 7) is 5.27. The van der Waals surface area contributed by atoms with Crippen LogP contribution in [0, 0.1) is 5.92 Å². The summed E-state index contributed by atoms with van der Waals surface area (Å²) in [5.41, 5.74) is 0. The largest absolute Gasteiger partial charge is 0.481 e. The summed E-state index contributed by atoms with van der Waals surface area (Å²) in [5, 5.41) is 12.1. The summed E-state index contributed by atoms with van der Waals surface area (Å²) in [6, 6.07) is -0.0752. The molecule has 2 fully saturated rings. The fourth-order valence-electron chi connectivity index (χ4n) is 3.48. The number of carbonyl (C=O) groups is 2. The van der Waals surface area contributed by atoms with Gasteiger partial charge >= 0.3 is 12.0 Å². The number of hydrogen-bond acceptors (Lipinski definition) is 3. The van der Waals surface area contributed by atoms with Crippen molar-refractivity contribution < 1.29 is 14.7 Å². The molecule has 6 nitrogen and oxygen atoms in total. The number of nitrogens with zero attached hydrogens (tertiary/aromatic N) is 2. The number of amides is 2. The molecule has 1 saturated heterocycles. The number of likely N-dealkylation sites (tertiary alicyclic amines) is 1. The molecule has 2 atom stereocenters. The van der Waals surface area contributed by atoms with Crippen LogP contribution in [0.15, 0.2) is 0 Å². The molecule has 2 unspecified atom stereocenters. The number of carboxylic acid groups (broad SMARTS) is 1. The van der Waals surface area contributed by atoms with Crippen LogP contribution in [0.2, 0.25) is 0 Å². The molecule has 0 bridgehead atoms. The summed E-state index contributed by atoms with van der Waals surface area (Å²) in [7, 11) is 1.83. The molecule has 0 aromatic heterocycles. The lowest BCUT2D eigenvalue weighted by Crippen LogP contribution is -2.52. The van der Waals surface area contributed by atoms with Gasteiger partial charge in [0.1, 0.15) is 0 Å². The Morgan fingerprint density at radius 3 is 2.48 bits per heavy atom. The van der Waals surface area contributed by atoms with Crippen LogP contribution in [0.3, 0.4) is 0 Å². The third-order valence-electron chi connectivity index (χ3n) is 5.01. The molecular weight excluding hydrogens is 270 g/mol. The monoisotopic (exact) mass is 297 g/mol. The molecule has 1 aliphatic carbocycles. The minimum atomic E-state index is -0.795. The van der Waals surface area contributed by atoms with E-state index < -0.39 is 11.9 Å². The Morgan fingerprint density at radius 2 is 1.90 bits per heavy atom. The fourth-order valence-corrected chi connectivity index (χ4v) is 3.48. The van der Waals surface area contributed by atoms with E-state index >= 15 is 0 Å². The lowest BCUT2D eigenvalue weighted by Gasteiger charge is -2.36. The van der Waals surface area contributed by atoms with Crippen LogP contribution in [0.4, 0.5) is 4.79 Å². The average Bonchev–Trinajstić information content (AvgIpc) is 2.95. The molecule has 2 aliphatic rings. The lowest BCUT2D eigenvalue weighted by molar-refractivity contribution is -0.142. The molecule has 0 spiro atoms. The van der Waals surface area contributed by atoms with Gasteiger partial charge in [0.2, 0.25) is 0 Å². The number of rotatable bonds is 4. The van der Waals surface area contributed by atoms with Crippen LogP contribution in [0.25, 0.3) is 0 Å². The van der Waals surface area contributed by atoms with Crippen molar-refractivity contribution in [1.29, 1.82) is 0 Å². The second-order valence-corrected chi connectivity index (χ2v) is 6.21. The van der Waals surface area contributed by atoms with Gasteiger partial charge in [-0.2, -0.15) is 0 Å². The van der Waals surface area contributed by atoms with Crippen molar-refractivity contribution >= 4 is 12.0 Å². The number of nitrogens with one attached hydrogen (secondary N) is 1. The molecular formula is C15H27N3O3. The van der Waals surface area contributed by atoms with E-state index in [1.807, 2.05) is 7.05 Å². The third-order valence-corrected chi connectivity index (χ3v) is 5.01. The zero-order valence-electron chi connectivity index (χ0n) is 13.0. The normalized spacial score (nSPS) is 27.5. The summed E-state index contributed by atoms with van der Waals surface area (Å²) in [5.74, 6) is -1.22. The van der Waals surface area contributed by atoms with E-state index in [1.165, 1.54) is 0 Å². The zero-order valence-corrected chi connectivity index (χ0v) is 13.0. The van der Waals surface area contributed by atoms with Crippen molar-refractivity contribution in [3.63, 3.8) is 0 Å². The molecule has 2 rings (SSSR count).